The number of benzene rings is 2. The van der Waals surface area contributed by atoms with Crippen molar-refractivity contribution >= 4 is 34.4 Å². The van der Waals surface area contributed by atoms with Gasteiger partial charge in [-0.25, -0.2) is 4.98 Å². The van der Waals surface area contributed by atoms with Crippen LogP contribution in [0.5, 0.6) is 0 Å². The van der Waals surface area contributed by atoms with Crippen molar-refractivity contribution in [3.05, 3.63) is 60.2 Å². The number of para-hydroxylation sites is 1. The lowest BCUT2D eigenvalue weighted by molar-refractivity contribution is -0.119. The number of pyridine rings is 1. The van der Waals surface area contributed by atoms with Crippen LogP contribution in [0.15, 0.2) is 59.6 Å². The Bertz CT molecular complexity index is 1130. The van der Waals surface area contributed by atoms with E-state index in [2.05, 4.69) is 10.3 Å². The Labute approximate surface area is 174 Å². The molecule has 0 bridgehead atoms. The van der Waals surface area contributed by atoms with Gasteiger partial charge in [-0.05, 0) is 25.0 Å². The molecule has 0 unspecified atom stereocenters. The molecule has 1 aromatic heterocycles. The van der Waals surface area contributed by atoms with Crippen LogP contribution in [0.4, 0.5) is 5.69 Å². The van der Waals surface area contributed by atoms with Crippen molar-refractivity contribution in [3.63, 3.8) is 0 Å². The van der Waals surface area contributed by atoms with Crippen molar-refractivity contribution < 1.29 is 9.59 Å². The second-order valence-electron chi connectivity index (χ2n) is 7.44. The van der Waals surface area contributed by atoms with Crippen LogP contribution in [0.1, 0.15) is 36.0 Å². The second kappa shape index (κ2) is 8.32. The van der Waals surface area contributed by atoms with E-state index in [4.69, 9.17) is 16.5 Å². The van der Waals surface area contributed by atoms with E-state index < -0.39 is 5.91 Å². The van der Waals surface area contributed by atoms with Crippen LogP contribution in [0.25, 0.3) is 22.2 Å². The van der Waals surface area contributed by atoms with Crippen molar-refractivity contribution in [2.24, 2.45) is 22.4 Å². The Morgan fingerprint density at radius 1 is 1.00 bits per heavy atom. The number of nitrogens with one attached hydrogen (secondary N) is 1. The van der Waals surface area contributed by atoms with Gasteiger partial charge in [0.2, 0.25) is 5.91 Å². The monoisotopic (exact) mass is 401 g/mol. The number of nitrogens with zero attached hydrogens (tertiary/aromatic N) is 2. The van der Waals surface area contributed by atoms with Gasteiger partial charge in [0.25, 0.3) is 5.91 Å². The summed E-state index contributed by atoms with van der Waals surface area (Å²) in [6.45, 7) is 0. The maximum absolute atomic E-state index is 12.7. The van der Waals surface area contributed by atoms with Gasteiger partial charge in [0.05, 0.1) is 22.5 Å². The highest BCUT2D eigenvalue weighted by atomic mass is 16.2. The lowest BCUT2D eigenvalue weighted by Crippen LogP contribution is -2.24. The molecule has 30 heavy (non-hydrogen) atoms. The summed E-state index contributed by atoms with van der Waals surface area (Å²) in [5.41, 5.74) is 13.7. The van der Waals surface area contributed by atoms with E-state index in [0.29, 0.717) is 27.8 Å². The highest BCUT2D eigenvalue weighted by molar-refractivity contribution is 6.13. The zero-order valence-corrected chi connectivity index (χ0v) is 16.5. The summed E-state index contributed by atoms with van der Waals surface area (Å²) in [7, 11) is 0. The van der Waals surface area contributed by atoms with E-state index in [1.54, 1.807) is 24.3 Å². The van der Waals surface area contributed by atoms with E-state index in [0.717, 1.165) is 31.2 Å². The Morgan fingerprint density at radius 3 is 2.43 bits per heavy atom. The maximum Gasteiger partial charge on any atom is 0.280 e. The summed E-state index contributed by atoms with van der Waals surface area (Å²) in [6, 6.07) is 16.5. The molecule has 1 fully saturated rings. The summed E-state index contributed by atoms with van der Waals surface area (Å²) < 4.78 is 0. The molecule has 7 heteroatoms. The first-order valence-corrected chi connectivity index (χ1v) is 9.97. The molecule has 1 saturated carbocycles. The molecule has 0 atom stereocenters. The van der Waals surface area contributed by atoms with Crippen molar-refractivity contribution in [1.29, 1.82) is 0 Å². The number of anilines is 1. The van der Waals surface area contributed by atoms with Gasteiger partial charge in [-0.1, -0.05) is 55.3 Å². The zero-order chi connectivity index (χ0) is 21.1. The minimum atomic E-state index is -0.557. The van der Waals surface area contributed by atoms with Crippen molar-refractivity contribution in [1.82, 2.24) is 4.98 Å². The lowest BCUT2D eigenvalue weighted by atomic mass is 10.0. The predicted molar refractivity (Wildman–Crippen MR) is 118 cm³/mol. The molecule has 2 aromatic carbocycles. The zero-order valence-electron chi connectivity index (χ0n) is 16.5. The molecule has 2 amide bonds. The number of hydrogen-bond donors (Lipinski definition) is 3. The number of fused-ring (bicyclic) bond motifs is 1. The molecule has 7 nitrogen and oxygen atoms in total. The first kappa shape index (κ1) is 19.6. The lowest BCUT2D eigenvalue weighted by Gasteiger charge is -2.14. The summed E-state index contributed by atoms with van der Waals surface area (Å²) in [5, 5.41) is 3.59. The van der Waals surface area contributed by atoms with E-state index >= 15 is 0 Å². The van der Waals surface area contributed by atoms with Crippen LogP contribution in [0.3, 0.4) is 0 Å². The number of aliphatic imine (C=N–C) groups is 1. The minimum absolute atomic E-state index is 0.0102. The second-order valence-corrected chi connectivity index (χ2v) is 7.44. The third kappa shape index (κ3) is 4.00. The molecule has 5 N–H and O–H groups in total. The highest BCUT2D eigenvalue weighted by Crippen LogP contribution is 2.31. The van der Waals surface area contributed by atoms with E-state index in [9.17, 15) is 9.59 Å². The Morgan fingerprint density at radius 2 is 1.73 bits per heavy atom. The molecule has 1 heterocycles. The molecule has 0 saturated heterocycles. The number of carbonyl (C=O) groups is 2. The van der Waals surface area contributed by atoms with Gasteiger partial charge >= 0.3 is 0 Å². The Hall–Kier alpha value is -3.74. The molecule has 1 aliphatic rings. The summed E-state index contributed by atoms with van der Waals surface area (Å²) in [6.07, 6.45) is 3.93. The third-order valence-electron chi connectivity index (χ3n) is 5.35. The quantitative estimate of drug-likeness (QED) is 0.456. The first-order valence-electron chi connectivity index (χ1n) is 9.97. The SMILES string of the molecule is NC(N)=NC(=O)c1cc(-c2ccccc2)nc2c(NC(=O)C3CCCC3)cccc12. The van der Waals surface area contributed by atoms with E-state index in [-0.39, 0.29) is 17.8 Å². The molecule has 4 rings (SSSR count). The molecular weight excluding hydrogens is 378 g/mol. The van der Waals surface area contributed by atoms with Gasteiger partial charge in [-0.2, -0.15) is 4.99 Å². The fourth-order valence-electron chi connectivity index (χ4n) is 3.88. The number of amides is 2. The van der Waals surface area contributed by atoms with Crippen LogP contribution in [0.2, 0.25) is 0 Å². The van der Waals surface area contributed by atoms with Gasteiger partial charge in [-0.15, -0.1) is 0 Å². The molecule has 152 valence electrons. The van der Waals surface area contributed by atoms with Gasteiger partial charge in [0.15, 0.2) is 5.96 Å². The maximum atomic E-state index is 12.7. The first-order chi connectivity index (χ1) is 14.5. The van der Waals surface area contributed by atoms with E-state index in [1.165, 1.54) is 0 Å². The minimum Gasteiger partial charge on any atom is -0.370 e. The number of guanidine groups is 1. The van der Waals surface area contributed by atoms with Gasteiger partial charge in [0, 0.05) is 16.9 Å². The molecule has 3 aromatic rings. The normalized spacial score (nSPS) is 13.9. The van der Waals surface area contributed by atoms with E-state index in [1.807, 2.05) is 30.3 Å². The Balaban J connectivity index is 1.86. The Kier molecular flexibility index (Phi) is 5.43. The van der Waals surface area contributed by atoms with Crippen LogP contribution in [-0.2, 0) is 4.79 Å². The molecule has 0 spiro atoms. The number of hydrogen-bond acceptors (Lipinski definition) is 3. The van der Waals surface area contributed by atoms with Crippen molar-refractivity contribution in [2.45, 2.75) is 25.7 Å². The van der Waals surface area contributed by atoms with Crippen molar-refractivity contribution in [2.75, 3.05) is 5.32 Å². The van der Waals surface area contributed by atoms with Crippen LogP contribution < -0.4 is 16.8 Å². The predicted octanol–water partition coefficient (Wildman–Crippen LogP) is 3.44. The molecule has 1 aliphatic carbocycles. The largest absolute Gasteiger partial charge is 0.370 e. The average Bonchev–Trinajstić information content (AvgIpc) is 3.28. The van der Waals surface area contributed by atoms with Crippen molar-refractivity contribution in [3.8, 4) is 11.3 Å². The fraction of sp³-hybridized carbons (Fsp3) is 0.217. The molecular formula is C23H23N5O2. The standard InChI is InChI=1S/C23H23N5O2/c24-23(25)28-22(30)17-13-19(14-7-2-1-3-8-14)26-20-16(17)11-6-12-18(20)27-21(29)15-9-4-5-10-15/h1-3,6-8,11-13,15H,4-5,9-10H2,(H,27,29)(H4,24,25,28,30). The average molecular weight is 401 g/mol. The third-order valence-corrected chi connectivity index (χ3v) is 5.35. The smallest absolute Gasteiger partial charge is 0.280 e. The number of rotatable bonds is 4. The highest BCUT2D eigenvalue weighted by Gasteiger charge is 2.24. The van der Waals surface area contributed by atoms with Crippen LogP contribution >= 0.6 is 0 Å². The molecule has 0 radical (unpaired) electrons. The van der Waals surface area contributed by atoms with Gasteiger partial charge < -0.3 is 16.8 Å². The topological polar surface area (TPSA) is 123 Å². The summed E-state index contributed by atoms with van der Waals surface area (Å²) in [4.78, 5) is 33.9. The molecule has 0 aliphatic heterocycles. The number of aromatic nitrogens is 1. The fourth-order valence-corrected chi connectivity index (χ4v) is 3.88. The van der Waals surface area contributed by atoms with Crippen LogP contribution in [-0.4, -0.2) is 22.8 Å². The van der Waals surface area contributed by atoms with Gasteiger partial charge in [-0.3, -0.25) is 9.59 Å². The summed E-state index contributed by atoms with van der Waals surface area (Å²) >= 11 is 0. The van der Waals surface area contributed by atoms with Crippen LogP contribution in [0, 0.1) is 5.92 Å². The number of carbonyl (C=O) groups excluding carboxylic acids is 2. The van der Waals surface area contributed by atoms with Gasteiger partial charge in [0.1, 0.15) is 0 Å². The summed E-state index contributed by atoms with van der Waals surface area (Å²) in [5.74, 6) is -0.861. The number of nitrogens with two attached hydrogens (primary N) is 2.